The summed E-state index contributed by atoms with van der Waals surface area (Å²) in [5.74, 6) is -4.36. The zero-order valence-electron chi connectivity index (χ0n) is 20.2. The number of carbonyl (C=O) groups is 1. The third kappa shape index (κ3) is 5.45. The van der Waals surface area contributed by atoms with Crippen LogP contribution in [0.5, 0.6) is 0 Å². The van der Waals surface area contributed by atoms with E-state index in [1.807, 2.05) is 5.32 Å². The molecule has 1 saturated heterocycles. The topological polar surface area (TPSA) is 121 Å². The predicted molar refractivity (Wildman–Crippen MR) is 126 cm³/mol. The lowest BCUT2D eigenvalue weighted by atomic mass is 10.0. The number of halogens is 5. The van der Waals surface area contributed by atoms with Crippen LogP contribution in [0.1, 0.15) is 30.6 Å². The third-order valence-corrected chi connectivity index (χ3v) is 6.09. The molecule has 3 atom stereocenters. The van der Waals surface area contributed by atoms with Gasteiger partial charge in [0, 0.05) is 25.4 Å². The van der Waals surface area contributed by atoms with Crippen LogP contribution in [-0.2, 0) is 0 Å². The minimum Gasteiger partial charge on any atom is -0.389 e. The number of pyridine rings is 3. The first-order valence-electron chi connectivity index (χ1n) is 11.6. The van der Waals surface area contributed by atoms with E-state index in [0.717, 1.165) is 10.8 Å². The standard InChI is InChI=1S/C24H24F5N5O4/c1-11(2)5-18(24(27,28)29)31-23(38)14-8-34(22-15(26)6-12(25)7-30-22)21-13(20(14)37)3-4-19(32-21)33-9-16(35)17(36)10-33/h3-4,6-8,11,16-18,35-36H,5,9-10H2,1-2H3,(H,31,38)/t16-,17-,18-/m1/s1. The summed E-state index contributed by atoms with van der Waals surface area (Å²) in [7, 11) is 0. The monoisotopic (exact) mass is 541 g/mol. The van der Waals surface area contributed by atoms with Crippen LogP contribution in [-0.4, -0.2) is 68.2 Å². The van der Waals surface area contributed by atoms with Gasteiger partial charge in [-0.15, -0.1) is 0 Å². The largest absolute Gasteiger partial charge is 0.408 e. The fraction of sp³-hybridized carbons (Fsp3) is 0.417. The highest BCUT2D eigenvalue weighted by Crippen LogP contribution is 2.27. The first-order valence-corrected chi connectivity index (χ1v) is 11.6. The Morgan fingerprint density at radius 3 is 2.42 bits per heavy atom. The van der Waals surface area contributed by atoms with E-state index in [2.05, 4.69) is 9.97 Å². The van der Waals surface area contributed by atoms with Gasteiger partial charge < -0.3 is 20.4 Å². The summed E-state index contributed by atoms with van der Waals surface area (Å²) < 4.78 is 69.8. The van der Waals surface area contributed by atoms with Crippen molar-refractivity contribution in [3.8, 4) is 5.82 Å². The van der Waals surface area contributed by atoms with Crippen LogP contribution < -0.4 is 15.6 Å². The number of nitrogens with one attached hydrogen (secondary N) is 1. The van der Waals surface area contributed by atoms with E-state index in [1.165, 1.54) is 17.0 Å². The highest BCUT2D eigenvalue weighted by molar-refractivity contribution is 5.97. The molecule has 1 aliphatic heterocycles. The molecule has 38 heavy (non-hydrogen) atoms. The Hall–Kier alpha value is -3.65. The molecule has 14 heteroatoms. The Bertz CT molecular complexity index is 1420. The first kappa shape index (κ1) is 27.4. The molecule has 4 rings (SSSR count). The molecule has 1 fully saturated rings. The number of β-amino-alcohol motifs (C(OH)–C–C–N with tert-alkyl or cyclic N) is 2. The molecule has 3 aromatic heterocycles. The van der Waals surface area contributed by atoms with E-state index in [1.54, 1.807) is 13.8 Å². The van der Waals surface area contributed by atoms with Crippen molar-refractivity contribution in [2.75, 3.05) is 18.0 Å². The Balaban J connectivity index is 1.88. The van der Waals surface area contributed by atoms with E-state index >= 15 is 0 Å². The van der Waals surface area contributed by atoms with Crippen LogP contribution >= 0.6 is 0 Å². The van der Waals surface area contributed by atoms with Crippen LogP contribution in [0.4, 0.5) is 27.8 Å². The third-order valence-electron chi connectivity index (χ3n) is 6.09. The number of alkyl halides is 3. The molecular formula is C24H24F5N5O4. The quantitative estimate of drug-likeness (QED) is 0.410. The van der Waals surface area contributed by atoms with E-state index in [4.69, 9.17) is 0 Å². The summed E-state index contributed by atoms with van der Waals surface area (Å²) in [4.78, 5) is 35.7. The number of aliphatic hydroxyl groups excluding tert-OH is 2. The van der Waals surface area contributed by atoms with Crippen molar-refractivity contribution in [1.82, 2.24) is 19.9 Å². The van der Waals surface area contributed by atoms with Crippen molar-refractivity contribution in [1.29, 1.82) is 0 Å². The fourth-order valence-electron chi connectivity index (χ4n) is 4.22. The molecular weight excluding hydrogens is 517 g/mol. The molecule has 204 valence electrons. The van der Waals surface area contributed by atoms with Gasteiger partial charge in [0.1, 0.15) is 23.2 Å². The van der Waals surface area contributed by atoms with Crippen molar-refractivity contribution in [2.24, 2.45) is 5.92 Å². The number of aromatic nitrogens is 3. The molecule has 1 aliphatic rings. The average molecular weight is 541 g/mol. The Kier molecular flexibility index (Phi) is 7.39. The number of aliphatic hydroxyl groups is 2. The van der Waals surface area contributed by atoms with Crippen molar-refractivity contribution in [3.05, 3.63) is 58.0 Å². The molecule has 3 N–H and O–H groups in total. The van der Waals surface area contributed by atoms with E-state index in [-0.39, 0.29) is 29.9 Å². The molecule has 0 bridgehead atoms. The maximum absolute atomic E-state index is 14.8. The first-order chi connectivity index (χ1) is 17.8. The second kappa shape index (κ2) is 10.3. The van der Waals surface area contributed by atoms with Crippen molar-refractivity contribution >= 4 is 22.8 Å². The number of amides is 1. The number of nitrogens with zero attached hydrogens (tertiary/aromatic N) is 4. The van der Waals surface area contributed by atoms with Crippen LogP contribution in [0.3, 0.4) is 0 Å². The van der Waals surface area contributed by atoms with Gasteiger partial charge in [0.25, 0.3) is 5.91 Å². The number of hydrogen-bond acceptors (Lipinski definition) is 7. The van der Waals surface area contributed by atoms with Gasteiger partial charge in [-0.05, 0) is 24.5 Å². The lowest BCUT2D eigenvalue weighted by molar-refractivity contribution is -0.156. The van der Waals surface area contributed by atoms with Gasteiger partial charge >= 0.3 is 6.18 Å². The summed E-state index contributed by atoms with van der Waals surface area (Å²) in [6.07, 6.45) is -5.88. The minimum atomic E-state index is -4.79. The molecule has 0 radical (unpaired) electrons. The van der Waals surface area contributed by atoms with Gasteiger partial charge in [-0.3, -0.25) is 14.2 Å². The molecule has 0 aromatic carbocycles. The predicted octanol–water partition coefficient (Wildman–Crippen LogP) is 2.31. The number of fused-ring (bicyclic) bond motifs is 1. The number of hydrogen-bond donors (Lipinski definition) is 3. The zero-order valence-corrected chi connectivity index (χ0v) is 20.2. The number of rotatable bonds is 6. The van der Waals surface area contributed by atoms with Crippen molar-refractivity contribution in [2.45, 2.75) is 44.7 Å². The molecule has 0 unspecified atom stereocenters. The maximum atomic E-state index is 14.8. The molecule has 4 heterocycles. The maximum Gasteiger partial charge on any atom is 0.408 e. The van der Waals surface area contributed by atoms with Gasteiger partial charge in [0.15, 0.2) is 17.3 Å². The Labute approximate surface area is 212 Å². The SMILES string of the molecule is CC(C)C[C@@H](NC(=O)c1cn(-c2ncc(F)cc2F)c2nc(N3C[C@@H](O)[C@H](O)C3)ccc2c1=O)C(F)(F)F. The molecule has 3 aromatic rings. The van der Waals surface area contributed by atoms with Gasteiger partial charge in [-0.25, -0.2) is 18.7 Å². The van der Waals surface area contributed by atoms with E-state index in [9.17, 15) is 41.8 Å². The smallest absolute Gasteiger partial charge is 0.389 e. The number of carbonyl (C=O) groups excluding carboxylic acids is 1. The molecule has 0 saturated carbocycles. The zero-order chi connectivity index (χ0) is 27.9. The Morgan fingerprint density at radius 1 is 1.18 bits per heavy atom. The van der Waals surface area contributed by atoms with Crippen LogP contribution in [0.2, 0.25) is 0 Å². The second-order valence-electron chi connectivity index (χ2n) is 9.48. The van der Waals surface area contributed by atoms with Crippen molar-refractivity contribution in [3.63, 3.8) is 0 Å². The average Bonchev–Trinajstić information content (AvgIpc) is 3.16. The highest BCUT2D eigenvalue weighted by Gasteiger charge is 2.41. The lowest BCUT2D eigenvalue weighted by Gasteiger charge is -2.23. The summed E-state index contributed by atoms with van der Waals surface area (Å²) in [6, 6.07) is 0.853. The Morgan fingerprint density at radius 2 is 1.84 bits per heavy atom. The molecule has 1 amide bonds. The number of anilines is 1. The van der Waals surface area contributed by atoms with Gasteiger partial charge in [0.2, 0.25) is 5.43 Å². The summed E-state index contributed by atoms with van der Waals surface area (Å²) in [5, 5.41) is 21.3. The lowest BCUT2D eigenvalue weighted by Crippen LogP contribution is -2.47. The van der Waals surface area contributed by atoms with E-state index in [0.29, 0.717) is 12.3 Å². The normalized spacial score (nSPS) is 18.8. The van der Waals surface area contributed by atoms with Gasteiger partial charge in [-0.2, -0.15) is 13.2 Å². The second-order valence-corrected chi connectivity index (χ2v) is 9.48. The molecule has 0 spiro atoms. The van der Waals surface area contributed by atoms with Gasteiger partial charge in [0.05, 0.1) is 23.8 Å². The van der Waals surface area contributed by atoms with E-state index < -0.39 is 71.1 Å². The van der Waals surface area contributed by atoms with Crippen LogP contribution in [0.25, 0.3) is 16.9 Å². The summed E-state index contributed by atoms with van der Waals surface area (Å²) >= 11 is 0. The highest BCUT2D eigenvalue weighted by atomic mass is 19.4. The molecule has 0 aliphatic carbocycles. The van der Waals surface area contributed by atoms with Crippen LogP contribution in [0, 0.1) is 17.6 Å². The minimum absolute atomic E-state index is 0.00222. The molecule has 9 nitrogen and oxygen atoms in total. The van der Waals surface area contributed by atoms with Crippen molar-refractivity contribution < 1.29 is 37.0 Å². The van der Waals surface area contributed by atoms with Crippen LogP contribution in [0.15, 0.2) is 35.4 Å². The fourth-order valence-corrected chi connectivity index (χ4v) is 4.22. The summed E-state index contributed by atoms with van der Waals surface area (Å²) in [5.41, 5.74) is -1.93. The van der Waals surface area contributed by atoms with Gasteiger partial charge in [-0.1, -0.05) is 13.8 Å². The summed E-state index contributed by atoms with van der Waals surface area (Å²) in [6.45, 7) is 3.08.